The van der Waals surface area contributed by atoms with Gasteiger partial charge in [-0.25, -0.2) is 4.79 Å². The molecule has 1 aromatic rings. The van der Waals surface area contributed by atoms with Gasteiger partial charge in [0, 0.05) is 0 Å². The van der Waals surface area contributed by atoms with Gasteiger partial charge in [-0.3, -0.25) is 0 Å². The Morgan fingerprint density at radius 3 is 2.27 bits per heavy atom. The van der Waals surface area contributed by atoms with Crippen LogP contribution in [0.3, 0.4) is 0 Å². The number of aryl methyl sites for hydroxylation is 1. The van der Waals surface area contributed by atoms with E-state index in [0.717, 1.165) is 5.56 Å². The number of hydrogen-bond acceptors (Lipinski definition) is 1. The van der Waals surface area contributed by atoms with E-state index in [1.807, 2.05) is 6.07 Å². The summed E-state index contributed by atoms with van der Waals surface area (Å²) in [6, 6.07) is 6.92. The monoisotopic (exact) mass is 160 g/mol. The van der Waals surface area contributed by atoms with Gasteiger partial charge in [-0.15, -0.1) is 0 Å². The van der Waals surface area contributed by atoms with Crippen LogP contribution >= 0.6 is 0 Å². The molecule has 11 heavy (non-hydrogen) atoms. The van der Waals surface area contributed by atoms with Crippen LogP contribution in [0, 0.1) is 6.92 Å². The molecule has 54 valence electrons. The number of hydrogen-bond donors (Lipinski definition) is 1. The van der Waals surface area contributed by atoms with Crippen molar-refractivity contribution in [3.05, 3.63) is 35.4 Å². The third kappa shape index (κ3) is 2.66. The second kappa shape index (κ2) is 4.54. The molecule has 3 heteroatoms. The summed E-state index contributed by atoms with van der Waals surface area (Å²) in [5.41, 5.74) is 1.18. The first-order chi connectivity index (χ1) is 4.72. The summed E-state index contributed by atoms with van der Waals surface area (Å²) < 4.78 is 0. The van der Waals surface area contributed by atoms with Gasteiger partial charge in [-0.1, -0.05) is 18.2 Å². The first-order valence-electron chi connectivity index (χ1n) is 3.01. The van der Waals surface area contributed by atoms with Gasteiger partial charge >= 0.3 is 35.5 Å². The Balaban J connectivity index is 0.000001000. The summed E-state index contributed by atoms with van der Waals surface area (Å²) in [4.78, 5) is 10.4. The molecule has 2 nitrogen and oxygen atoms in total. The fourth-order valence-corrected chi connectivity index (χ4v) is 0.813. The topological polar surface area (TPSA) is 37.3 Å². The van der Waals surface area contributed by atoms with Gasteiger partial charge < -0.3 is 5.11 Å². The van der Waals surface area contributed by atoms with Crippen LogP contribution < -0.4 is 0 Å². The van der Waals surface area contributed by atoms with E-state index in [1.165, 1.54) is 0 Å². The molecule has 0 atom stereocenters. The van der Waals surface area contributed by atoms with E-state index in [0.29, 0.717) is 5.56 Å². The first kappa shape index (κ1) is 10.7. The van der Waals surface area contributed by atoms with Gasteiger partial charge in [-0.2, -0.15) is 0 Å². The molecule has 0 aliphatic rings. The first-order valence-corrected chi connectivity index (χ1v) is 3.01. The van der Waals surface area contributed by atoms with Crippen molar-refractivity contribution in [3.63, 3.8) is 0 Å². The van der Waals surface area contributed by atoms with Crippen LogP contribution in [0.4, 0.5) is 0 Å². The van der Waals surface area contributed by atoms with Gasteiger partial charge in [0.1, 0.15) is 0 Å². The van der Waals surface area contributed by atoms with Crippen molar-refractivity contribution in [2.75, 3.05) is 0 Å². The third-order valence-corrected chi connectivity index (χ3v) is 1.38. The standard InChI is InChI=1S/C8H8O2.Na.H/c1-6-4-2-3-5-7(6)8(9)10;;/h2-5H,1H3,(H,9,10);;. The minimum atomic E-state index is -0.863. The Kier molecular flexibility index (Phi) is 4.42. The normalized spacial score (nSPS) is 8.45. The summed E-state index contributed by atoms with van der Waals surface area (Å²) in [5.74, 6) is -0.863. The summed E-state index contributed by atoms with van der Waals surface area (Å²) in [6.07, 6.45) is 0. The molecule has 1 N–H and O–H groups in total. The van der Waals surface area contributed by atoms with Gasteiger partial charge in [0.25, 0.3) is 0 Å². The molecule has 1 rings (SSSR count). The Bertz CT molecular complexity index is 258. The number of carboxylic acids is 1. The van der Waals surface area contributed by atoms with E-state index in [-0.39, 0.29) is 29.6 Å². The predicted octanol–water partition coefficient (Wildman–Crippen LogP) is 1.04. The summed E-state index contributed by atoms with van der Waals surface area (Å²) in [5, 5.41) is 8.57. The third-order valence-electron chi connectivity index (χ3n) is 1.38. The van der Waals surface area contributed by atoms with Crippen molar-refractivity contribution in [2.24, 2.45) is 0 Å². The molecule has 0 fully saturated rings. The zero-order chi connectivity index (χ0) is 7.56. The molecule has 0 saturated carbocycles. The fourth-order valence-electron chi connectivity index (χ4n) is 0.813. The van der Waals surface area contributed by atoms with Gasteiger partial charge in [0.05, 0.1) is 5.56 Å². The van der Waals surface area contributed by atoms with Crippen LogP contribution in [-0.4, -0.2) is 40.6 Å². The van der Waals surface area contributed by atoms with Crippen LogP contribution in [0.5, 0.6) is 0 Å². The van der Waals surface area contributed by atoms with Crippen LogP contribution in [0.2, 0.25) is 0 Å². The molecule has 0 bridgehead atoms. The van der Waals surface area contributed by atoms with E-state index in [2.05, 4.69) is 0 Å². The van der Waals surface area contributed by atoms with E-state index in [4.69, 9.17) is 5.11 Å². The van der Waals surface area contributed by atoms with Crippen LogP contribution in [0.25, 0.3) is 0 Å². The SMILES string of the molecule is Cc1ccccc1C(=O)O.[NaH]. The van der Waals surface area contributed by atoms with Gasteiger partial charge in [0.15, 0.2) is 0 Å². The van der Waals surface area contributed by atoms with Gasteiger partial charge in [0.2, 0.25) is 0 Å². The zero-order valence-electron chi connectivity index (χ0n) is 5.66. The second-order valence-electron chi connectivity index (χ2n) is 2.12. The Labute approximate surface area is 87.5 Å². The molecular weight excluding hydrogens is 151 g/mol. The van der Waals surface area contributed by atoms with Crippen molar-refractivity contribution in [2.45, 2.75) is 6.92 Å². The number of carboxylic acid groups (broad SMARTS) is 1. The molecule has 0 aliphatic heterocycles. The summed E-state index contributed by atoms with van der Waals surface area (Å²) >= 11 is 0. The predicted molar refractivity (Wildman–Crippen MR) is 45.3 cm³/mol. The Morgan fingerprint density at radius 1 is 1.36 bits per heavy atom. The molecule has 0 heterocycles. The molecule has 0 amide bonds. The van der Waals surface area contributed by atoms with E-state index < -0.39 is 5.97 Å². The molecule has 1 aromatic carbocycles. The molecule has 0 unspecified atom stereocenters. The Hall–Kier alpha value is -0.310. The fraction of sp³-hybridized carbons (Fsp3) is 0.125. The molecule has 0 aromatic heterocycles. The van der Waals surface area contributed by atoms with Crippen LogP contribution in [-0.2, 0) is 0 Å². The second-order valence-corrected chi connectivity index (χ2v) is 2.12. The number of benzene rings is 1. The molecule has 0 radical (unpaired) electrons. The zero-order valence-corrected chi connectivity index (χ0v) is 5.66. The quantitative estimate of drug-likeness (QED) is 0.623. The maximum absolute atomic E-state index is 10.4. The maximum atomic E-state index is 10.4. The van der Waals surface area contributed by atoms with E-state index in [9.17, 15) is 4.79 Å². The molecule has 0 spiro atoms. The number of aromatic carboxylic acids is 1. The molecule has 0 aliphatic carbocycles. The molecule has 0 saturated heterocycles. The summed E-state index contributed by atoms with van der Waals surface area (Å²) in [7, 11) is 0. The van der Waals surface area contributed by atoms with Crippen molar-refractivity contribution in [1.29, 1.82) is 0 Å². The van der Waals surface area contributed by atoms with Crippen molar-refractivity contribution >= 4 is 35.5 Å². The average Bonchev–Trinajstić information content (AvgIpc) is 1.88. The van der Waals surface area contributed by atoms with Crippen LogP contribution in [0.15, 0.2) is 24.3 Å². The average molecular weight is 160 g/mol. The van der Waals surface area contributed by atoms with Crippen molar-refractivity contribution in [3.8, 4) is 0 Å². The van der Waals surface area contributed by atoms with E-state index in [1.54, 1.807) is 25.1 Å². The van der Waals surface area contributed by atoms with E-state index >= 15 is 0 Å². The van der Waals surface area contributed by atoms with Gasteiger partial charge in [-0.05, 0) is 18.6 Å². The number of carbonyl (C=O) groups is 1. The minimum absolute atomic E-state index is 0. The van der Waals surface area contributed by atoms with Crippen molar-refractivity contribution in [1.82, 2.24) is 0 Å². The summed E-state index contributed by atoms with van der Waals surface area (Å²) in [6.45, 7) is 1.78. The Morgan fingerprint density at radius 2 is 1.91 bits per heavy atom. The van der Waals surface area contributed by atoms with Crippen LogP contribution in [0.1, 0.15) is 15.9 Å². The molecular formula is C8H9NaO2. The number of rotatable bonds is 1. The van der Waals surface area contributed by atoms with Crippen molar-refractivity contribution < 1.29 is 9.90 Å².